The van der Waals surface area contributed by atoms with E-state index in [1.165, 1.54) is 24.1 Å². The molecule has 4 nitrogen and oxygen atoms in total. The van der Waals surface area contributed by atoms with Gasteiger partial charge < -0.3 is 10.2 Å². The van der Waals surface area contributed by atoms with Gasteiger partial charge in [0.25, 0.3) is 0 Å². The van der Waals surface area contributed by atoms with Crippen LogP contribution < -0.4 is 10.2 Å². The fraction of sp³-hybridized carbons (Fsp3) is 0.444. The number of nitrogens with zero attached hydrogens (tertiary/aromatic N) is 3. The van der Waals surface area contributed by atoms with Crippen LogP contribution in [0.5, 0.6) is 0 Å². The number of hydrogen-bond donors (Lipinski definition) is 1. The van der Waals surface area contributed by atoms with Gasteiger partial charge >= 0.3 is 0 Å². The maximum Gasteiger partial charge on any atom is 0.225 e. The van der Waals surface area contributed by atoms with Gasteiger partial charge in [0.2, 0.25) is 5.95 Å². The van der Waals surface area contributed by atoms with E-state index in [-0.39, 0.29) is 0 Å². The molecule has 116 valence electrons. The van der Waals surface area contributed by atoms with E-state index in [2.05, 4.69) is 58.3 Å². The molecule has 0 amide bonds. The molecule has 0 radical (unpaired) electrons. The minimum atomic E-state index is 0.447. The van der Waals surface area contributed by atoms with E-state index >= 15 is 0 Å². The van der Waals surface area contributed by atoms with Crippen LogP contribution in [0.2, 0.25) is 0 Å². The zero-order valence-electron chi connectivity index (χ0n) is 13.4. The van der Waals surface area contributed by atoms with Gasteiger partial charge in [-0.15, -0.1) is 0 Å². The molecule has 0 saturated carbocycles. The topological polar surface area (TPSA) is 41.0 Å². The molecule has 0 bridgehead atoms. The van der Waals surface area contributed by atoms with Crippen LogP contribution in [-0.2, 0) is 0 Å². The number of rotatable bonds is 4. The maximum absolute atomic E-state index is 4.36. The fourth-order valence-corrected chi connectivity index (χ4v) is 2.93. The zero-order chi connectivity index (χ0) is 15.4. The molecule has 2 aromatic rings. The first-order valence-electron chi connectivity index (χ1n) is 8.11. The Morgan fingerprint density at radius 1 is 1.14 bits per heavy atom. The summed E-state index contributed by atoms with van der Waals surface area (Å²) in [5, 5.41) is 3.65. The zero-order valence-corrected chi connectivity index (χ0v) is 13.4. The van der Waals surface area contributed by atoms with E-state index in [0.29, 0.717) is 12.0 Å². The van der Waals surface area contributed by atoms with Gasteiger partial charge in [-0.1, -0.05) is 26.0 Å². The van der Waals surface area contributed by atoms with E-state index in [1.807, 2.05) is 18.5 Å². The van der Waals surface area contributed by atoms with Crippen molar-refractivity contribution in [2.24, 2.45) is 0 Å². The lowest BCUT2D eigenvalue weighted by Crippen LogP contribution is -2.42. The Morgan fingerprint density at radius 3 is 2.55 bits per heavy atom. The Morgan fingerprint density at radius 2 is 1.86 bits per heavy atom. The summed E-state index contributed by atoms with van der Waals surface area (Å²) in [4.78, 5) is 11.0. The second-order valence-electron chi connectivity index (χ2n) is 6.26. The summed E-state index contributed by atoms with van der Waals surface area (Å²) in [5.74, 6) is 1.42. The lowest BCUT2D eigenvalue weighted by molar-refractivity contribution is 0.523. The molecule has 1 unspecified atom stereocenters. The van der Waals surface area contributed by atoms with Crippen molar-refractivity contribution < 1.29 is 0 Å². The van der Waals surface area contributed by atoms with E-state index < -0.39 is 0 Å². The monoisotopic (exact) mass is 296 g/mol. The van der Waals surface area contributed by atoms with Gasteiger partial charge in [-0.3, -0.25) is 0 Å². The van der Waals surface area contributed by atoms with Gasteiger partial charge in [0.15, 0.2) is 0 Å². The van der Waals surface area contributed by atoms with Crippen LogP contribution in [0.15, 0.2) is 42.7 Å². The van der Waals surface area contributed by atoms with Gasteiger partial charge in [0.1, 0.15) is 0 Å². The molecule has 0 spiro atoms. The van der Waals surface area contributed by atoms with Gasteiger partial charge in [-0.25, -0.2) is 9.97 Å². The molecule has 22 heavy (non-hydrogen) atoms. The Hall–Kier alpha value is -2.10. The Labute approximate surface area is 132 Å². The van der Waals surface area contributed by atoms with Crippen molar-refractivity contribution in [3.05, 3.63) is 48.3 Å². The summed E-state index contributed by atoms with van der Waals surface area (Å²) in [6.07, 6.45) is 5.98. The van der Waals surface area contributed by atoms with Crippen molar-refractivity contribution in [1.82, 2.24) is 9.97 Å². The fourth-order valence-electron chi connectivity index (χ4n) is 2.93. The van der Waals surface area contributed by atoms with E-state index in [1.54, 1.807) is 0 Å². The Balaban J connectivity index is 1.63. The number of aromatic nitrogens is 2. The van der Waals surface area contributed by atoms with Gasteiger partial charge in [-0.2, -0.15) is 0 Å². The van der Waals surface area contributed by atoms with Crippen molar-refractivity contribution in [2.75, 3.05) is 23.3 Å². The SMILES string of the molecule is CC(C)c1ccc(NC2CCCN(c3ncccn3)C2)cc1. The quantitative estimate of drug-likeness (QED) is 0.934. The lowest BCUT2D eigenvalue weighted by atomic mass is 10.0. The third-order valence-electron chi connectivity index (χ3n) is 4.20. The summed E-state index contributed by atoms with van der Waals surface area (Å²) in [7, 11) is 0. The number of nitrogens with one attached hydrogen (secondary N) is 1. The first-order valence-corrected chi connectivity index (χ1v) is 8.11. The molecule has 1 fully saturated rings. The molecule has 1 atom stereocenters. The number of benzene rings is 1. The predicted molar refractivity (Wildman–Crippen MR) is 91.4 cm³/mol. The van der Waals surface area contributed by atoms with Crippen LogP contribution in [-0.4, -0.2) is 29.1 Å². The third-order valence-corrected chi connectivity index (χ3v) is 4.20. The highest BCUT2D eigenvalue weighted by Crippen LogP contribution is 2.21. The standard InChI is InChI=1S/C18H24N4/c1-14(2)15-6-8-16(9-7-15)21-17-5-3-12-22(13-17)18-19-10-4-11-20-18/h4,6-11,14,17,21H,3,5,12-13H2,1-2H3. The van der Waals surface area contributed by atoms with Crippen LogP contribution in [0.4, 0.5) is 11.6 Å². The van der Waals surface area contributed by atoms with Gasteiger partial charge in [-0.05, 0) is 42.5 Å². The number of piperidine rings is 1. The molecule has 1 N–H and O–H groups in total. The summed E-state index contributed by atoms with van der Waals surface area (Å²) < 4.78 is 0. The van der Waals surface area contributed by atoms with Crippen LogP contribution in [0.3, 0.4) is 0 Å². The number of anilines is 2. The van der Waals surface area contributed by atoms with E-state index in [4.69, 9.17) is 0 Å². The van der Waals surface area contributed by atoms with Crippen molar-refractivity contribution in [3.8, 4) is 0 Å². The molecule has 4 heteroatoms. The molecular formula is C18H24N4. The normalized spacial score (nSPS) is 18.5. The molecule has 3 rings (SSSR count). The van der Waals surface area contributed by atoms with Crippen molar-refractivity contribution >= 4 is 11.6 Å². The smallest absolute Gasteiger partial charge is 0.225 e. The highest BCUT2D eigenvalue weighted by Gasteiger charge is 2.21. The minimum Gasteiger partial charge on any atom is -0.381 e. The average Bonchev–Trinajstić information content (AvgIpc) is 2.56. The molecule has 1 aromatic heterocycles. The first-order chi connectivity index (χ1) is 10.7. The molecular weight excluding hydrogens is 272 g/mol. The molecule has 1 saturated heterocycles. The maximum atomic E-state index is 4.36. The molecule has 1 aliphatic rings. The highest BCUT2D eigenvalue weighted by atomic mass is 15.3. The van der Waals surface area contributed by atoms with Crippen LogP contribution in [0.1, 0.15) is 38.2 Å². The van der Waals surface area contributed by atoms with Crippen molar-refractivity contribution in [3.63, 3.8) is 0 Å². The van der Waals surface area contributed by atoms with Gasteiger partial charge in [0, 0.05) is 37.2 Å². The molecule has 1 aliphatic heterocycles. The second-order valence-corrected chi connectivity index (χ2v) is 6.26. The lowest BCUT2D eigenvalue weighted by Gasteiger charge is -2.33. The summed E-state index contributed by atoms with van der Waals surface area (Å²) in [5.41, 5.74) is 2.58. The van der Waals surface area contributed by atoms with E-state index in [0.717, 1.165) is 19.0 Å². The molecule has 0 aliphatic carbocycles. The first kappa shape index (κ1) is 14.8. The predicted octanol–water partition coefficient (Wildman–Crippen LogP) is 3.68. The average molecular weight is 296 g/mol. The van der Waals surface area contributed by atoms with Crippen molar-refractivity contribution in [2.45, 2.75) is 38.6 Å². The Kier molecular flexibility index (Phi) is 4.56. The van der Waals surface area contributed by atoms with Crippen LogP contribution in [0.25, 0.3) is 0 Å². The Bertz CT molecular complexity index is 580. The van der Waals surface area contributed by atoms with Crippen LogP contribution >= 0.6 is 0 Å². The molecule has 2 heterocycles. The van der Waals surface area contributed by atoms with E-state index in [9.17, 15) is 0 Å². The summed E-state index contributed by atoms with van der Waals surface area (Å²) in [6.45, 7) is 6.44. The summed E-state index contributed by atoms with van der Waals surface area (Å²) >= 11 is 0. The van der Waals surface area contributed by atoms with Crippen LogP contribution in [0, 0.1) is 0 Å². The molecule has 1 aromatic carbocycles. The van der Waals surface area contributed by atoms with Gasteiger partial charge in [0.05, 0.1) is 0 Å². The van der Waals surface area contributed by atoms with Crippen molar-refractivity contribution in [1.29, 1.82) is 0 Å². The second kappa shape index (κ2) is 6.77. The number of hydrogen-bond acceptors (Lipinski definition) is 4. The third kappa shape index (κ3) is 3.56. The minimum absolute atomic E-state index is 0.447. The summed E-state index contributed by atoms with van der Waals surface area (Å²) in [6, 6.07) is 11.1. The highest BCUT2D eigenvalue weighted by molar-refractivity contribution is 5.46. The largest absolute Gasteiger partial charge is 0.381 e.